The molecular weight excluding hydrogens is 231 g/mol. The number of aromatic nitrogens is 2. The van der Waals surface area contributed by atoms with Crippen LogP contribution in [0, 0.1) is 5.82 Å². The average molecular weight is 241 g/mol. The van der Waals surface area contributed by atoms with E-state index in [1.807, 2.05) is 0 Å². The molecule has 0 bridgehead atoms. The van der Waals surface area contributed by atoms with E-state index in [1.54, 1.807) is 23.2 Å². The lowest BCUT2D eigenvalue weighted by Gasteiger charge is -1.99. The molecule has 1 heterocycles. The minimum atomic E-state index is -0.444. The van der Waals surface area contributed by atoms with Crippen LogP contribution in [-0.4, -0.2) is 21.3 Å². The lowest BCUT2D eigenvalue weighted by molar-refractivity contribution is 0.276. The molecule has 0 aliphatic rings. The highest BCUT2D eigenvalue weighted by atomic mass is 35.5. The molecule has 0 atom stereocenters. The van der Waals surface area contributed by atoms with Crippen molar-refractivity contribution < 1.29 is 9.50 Å². The Morgan fingerprint density at radius 1 is 1.44 bits per heavy atom. The standard InChI is InChI=1S/C11H10ClFN2O/c12-9-5-8(1-2-10(9)13)11-6-15(3-4-16)7-14-11/h1-2,5-7,16H,3-4H2. The number of aliphatic hydroxyl groups is 1. The SMILES string of the molecule is OCCn1cnc(-c2ccc(F)c(Cl)c2)c1. The lowest BCUT2D eigenvalue weighted by atomic mass is 10.2. The summed E-state index contributed by atoms with van der Waals surface area (Å²) >= 11 is 5.68. The molecule has 2 rings (SSSR count). The fourth-order valence-electron chi connectivity index (χ4n) is 1.40. The number of hydrogen-bond acceptors (Lipinski definition) is 2. The van der Waals surface area contributed by atoms with Gasteiger partial charge in [-0.15, -0.1) is 0 Å². The van der Waals surface area contributed by atoms with Crippen LogP contribution in [0.15, 0.2) is 30.7 Å². The van der Waals surface area contributed by atoms with Gasteiger partial charge in [0.05, 0.1) is 23.7 Å². The van der Waals surface area contributed by atoms with Gasteiger partial charge in [-0.1, -0.05) is 11.6 Å². The molecule has 0 amide bonds. The molecule has 0 saturated heterocycles. The van der Waals surface area contributed by atoms with Crippen molar-refractivity contribution in [1.29, 1.82) is 0 Å². The maximum absolute atomic E-state index is 12.9. The van der Waals surface area contributed by atoms with Gasteiger partial charge in [0.1, 0.15) is 5.82 Å². The fraction of sp³-hybridized carbons (Fsp3) is 0.182. The molecule has 1 N–H and O–H groups in total. The van der Waals surface area contributed by atoms with Crippen LogP contribution < -0.4 is 0 Å². The summed E-state index contributed by atoms with van der Waals surface area (Å²) < 4.78 is 14.7. The largest absolute Gasteiger partial charge is 0.395 e. The Morgan fingerprint density at radius 2 is 2.25 bits per heavy atom. The molecule has 0 fully saturated rings. The van der Waals surface area contributed by atoms with Crippen LogP contribution >= 0.6 is 11.6 Å². The van der Waals surface area contributed by atoms with Crippen molar-refractivity contribution in [3.8, 4) is 11.3 Å². The zero-order chi connectivity index (χ0) is 11.5. The number of halogens is 2. The van der Waals surface area contributed by atoms with Crippen LogP contribution in [0.2, 0.25) is 5.02 Å². The van der Waals surface area contributed by atoms with Crippen LogP contribution in [0.5, 0.6) is 0 Å². The number of hydrogen-bond donors (Lipinski definition) is 1. The summed E-state index contributed by atoms with van der Waals surface area (Å²) in [5, 5.41) is 8.84. The predicted molar refractivity (Wildman–Crippen MR) is 59.7 cm³/mol. The monoisotopic (exact) mass is 240 g/mol. The quantitative estimate of drug-likeness (QED) is 0.894. The molecule has 0 radical (unpaired) electrons. The molecule has 0 spiro atoms. The highest BCUT2D eigenvalue weighted by Crippen LogP contribution is 2.23. The van der Waals surface area contributed by atoms with Gasteiger partial charge in [-0.2, -0.15) is 0 Å². The van der Waals surface area contributed by atoms with Crippen LogP contribution in [-0.2, 0) is 6.54 Å². The third kappa shape index (κ3) is 2.23. The van der Waals surface area contributed by atoms with E-state index in [0.717, 1.165) is 5.56 Å². The molecule has 0 unspecified atom stereocenters. The van der Waals surface area contributed by atoms with Gasteiger partial charge in [0.15, 0.2) is 0 Å². The topological polar surface area (TPSA) is 38.0 Å². The van der Waals surface area contributed by atoms with E-state index in [4.69, 9.17) is 16.7 Å². The van der Waals surface area contributed by atoms with E-state index in [2.05, 4.69) is 4.98 Å². The fourth-order valence-corrected chi connectivity index (χ4v) is 1.58. The summed E-state index contributed by atoms with van der Waals surface area (Å²) in [6.45, 7) is 0.544. The molecule has 1 aromatic carbocycles. The van der Waals surface area contributed by atoms with Gasteiger partial charge >= 0.3 is 0 Å². The lowest BCUT2D eigenvalue weighted by Crippen LogP contribution is -1.97. The summed E-state index contributed by atoms with van der Waals surface area (Å²) in [4.78, 5) is 4.15. The Kier molecular flexibility index (Phi) is 3.22. The van der Waals surface area contributed by atoms with Crippen LogP contribution in [0.3, 0.4) is 0 Å². The van der Waals surface area contributed by atoms with Crippen molar-refractivity contribution >= 4 is 11.6 Å². The van der Waals surface area contributed by atoms with Gasteiger partial charge in [-0.3, -0.25) is 0 Å². The van der Waals surface area contributed by atoms with E-state index in [1.165, 1.54) is 12.1 Å². The first-order valence-electron chi connectivity index (χ1n) is 4.79. The highest BCUT2D eigenvalue weighted by molar-refractivity contribution is 6.31. The summed E-state index contributed by atoms with van der Waals surface area (Å²) in [5.74, 6) is -0.444. The Hall–Kier alpha value is -1.39. The van der Waals surface area contributed by atoms with Crippen molar-refractivity contribution in [3.63, 3.8) is 0 Å². The van der Waals surface area contributed by atoms with Crippen LogP contribution in [0.4, 0.5) is 4.39 Å². The highest BCUT2D eigenvalue weighted by Gasteiger charge is 2.05. The van der Waals surface area contributed by atoms with Gasteiger partial charge < -0.3 is 9.67 Å². The van der Waals surface area contributed by atoms with E-state index in [9.17, 15) is 4.39 Å². The van der Waals surface area contributed by atoms with Crippen LogP contribution in [0.1, 0.15) is 0 Å². The first kappa shape index (κ1) is 11.1. The third-order valence-electron chi connectivity index (χ3n) is 2.21. The summed E-state index contributed by atoms with van der Waals surface area (Å²) in [7, 11) is 0. The van der Waals surface area contributed by atoms with Crippen molar-refractivity contribution in [3.05, 3.63) is 41.6 Å². The summed E-state index contributed by atoms with van der Waals surface area (Å²) in [6.07, 6.45) is 3.39. The third-order valence-corrected chi connectivity index (χ3v) is 2.50. The molecule has 5 heteroatoms. The zero-order valence-corrected chi connectivity index (χ0v) is 9.15. The number of benzene rings is 1. The minimum Gasteiger partial charge on any atom is -0.395 e. The minimum absolute atomic E-state index is 0.0555. The number of imidazole rings is 1. The molecule has 0 aliphatic carbocycles. The van der Waals surface area contributed by atoms with Crippen molar-refractivity contribution in [2.75, 3.05) is 6.61 Å². The first-order valence-corrected chi connectivity index (χ1v) is 5.16. The number of rotatable bonds is 3. The first-order chi connectivity index (χ1) is 7.70. The molecule has 0 aliphatic heterocycles. The Bertz CT molecular complexity index is 498. The van der Waals surface area contributed by atoms with Gasteiger partial charge in [-0.05, 0) is 18.2 Å². The van der Waals surface area contributed by atoms with Crippen molar-refractivity contribution in [2.45, 2.75) is 6.54 Å². The van der Waals surface area contributed by atoms with Gasteiger partial charge in [0.2, 0.25) is 0 Å². The van der Waals surface area contributed by atoms with Crippen molar-refractivity contribution in [2.24, 2.45) is 0 Å². The maximum Gasteiger partial charge on any atom is 0.141 e. The Labute approximate surface area is 97.1 Å². The maximum atomic E-state index is 12.9. The Balaban J connectivity index is 2.31. The van der Waals surface area contributed by atoms with Gasteiger partial charge in [0, 0.05) is 18.3 Å². The summed E-state index contributed by atoms with van der Waals surface area (Å²) in [5.41, 5.74) is 1.46. The molecular formula is C11H10ClFN2O. The van der Waals surface area contributed by atoms with E-state index in [0.29, 0.717) is 12.2 Å². The zero-order valence-electron chi connectivity index (χ0n) is 8.40. The van der Waals surface area contributed by atoms with E-state index in [-0.39, 0.29) is 11.6 Å². The second-order valence-electron chi connectivity index (χ2n) is 3.35. The molecule has 0 saturated carbocycles. The molecule has 16 heavy (non-hydrogen) atoms. The summed E-state index contributed by atoms with van der Waals surface area (Å²) in [6, 6.07) is 4.46. The van der Waals surface area contributed by atoms with Crippen LogP contribution in [0.25, 0.3) is 11.3 Å². The van der Waals surface area contributed by atoms with Gasteiger partial charge in [0.25, 0.3) is 0 Å². The molecule has 84 valence electrons. The van der Waals surface area contributed by atoms with Crippen molar-refractivity contribution in [1.82, 2.24) is 9.55 Å². The normalized spacial score (nSPS) is 10.7. The smallest absolute Gasteiger partial charge is 0.141 e. The second-order valence-corrected chi connectivity index (χ2v) is 3.76. The van der Waals surface area contributed by atoms with E-state index >= 15 is 0 Å². The molecule has 1 aromatic heterocycles. The Morgan fingerprint density at radius 3 is 2.94 bits per heavy atom. The average Bonchev–Trinajstić information content (AvgIpc) is 2.71. The number of aliphatic hydroxyl groups excluding tert-OH is 1. The van der Waals surface area contributed by atoms with E-state index < -0.39 is 5.82 Å². The number of nitrogens with zero attached hydrogens (tertiary/aromatic N) is 2. The molecule has 3 nitrogen and oxygen atoms in total. The molecule has 2 aromatic rings. The van der Waals surface area contributed by atoms with Gasteiger partial charge in [-0.25, -0.2) is 9.37 Å². The predicted octanol–water partition coefficient (Wildman–Crippen LogP) is 2.33. The second kappa shape index (κ2) is 4.63.